The highest BCUT2D eigenvalue weighted by molar-refractivity contribution is 6.31. The van der Waals surface area contributed by atoms with E-state index in [0.29, 0.717) is 10.7 Å². The van der Waals surface area contributed by atoms with Gasteiger partial charge in [0.15, 0.2) is 6.10 Å². The van der Waals surface area contributed by atoms with Crippen LogP contribution in [0.1, 0.15) is 25.5 Å². The lowest BCUT2D eigenvalue weighted by Gasteiger charge is -2.29. The van der Waals surface area contributed by atoms with Crippen molar-refractivity contribution >= 4 is 40.5 Å². The smallest absolute Gasteiger partial charge is 0.266 e. The van der Waals surface area contributed by atoms with Gasteiger partial charge in [-0.25, -0.2) is 9.96 Å². The number of benzene rings is 3. The van der Waals surface area contributed by atoms with Crippen LogP contribution >= 0.6 is 11.6 Å². The van der Waals surface area contributed by atoms with Gasteiger partial charge >= 0.3 is 0 Å². The minimum Gasteiger partial charge on any atom is -0.372 e. The van der Waals surface area contributed by atoms with Gasteiger partial charge in [-0.3, -0.25) is 14.4 Å². The van der Waals surface area contributed by atoms with Crippen LogP contribution in [0.5, 0.6) is 0 Å². The van der Waals surface area contributed by atoms with Crippen LogP contribution in [0.3, 0.4) is 0 Å². The second-order valence-corrected chi connectivity index (χ2v) is 8.85. The van der Waals surface area contributed by atoms with E-state index in [2.05, 4.69) is 30.9 Å². The molecule has 7 heteroatoms. The zero-order chi connectivity index (χ0) is 23.8. The lowest BCUT2D eigenvalue weighted by molar-refractivity contribution is -0.126. The van der Waals surface area contributed by atoms with Gasteiger partial charge < -0.3 is 4.90 Å². The Morgan fingerprint density at radius 3 is 2.09 bits per heavy atom. The van der Waals surface area contributed by atoms with Gasteiger partial charge in [-0.2, -0.15) is 0 Å². The second kappa shape index (κ2) is 9.12. The molecule has 3 aromatic carbocycles. The highest BCUT2D eigenvalue weighted by Crippen LogP contribution is 2.47. The van der Waals surface area contributed by atoms with Crippen LogP contribution < -0.4 is 14.9 Å². The summed E-state index contributed by atoms with van der Waals surface area (Å²) in [5.41, 5.74) is 3.34. The molecule has 5 rings (SSSR count). The fourth-order valence-electron chi connectivity index (χ4n) is 4.87. The molecule has 0 N–H and O–H groups in total. The van der Waals surface area contributed by atoms with Gasteiger partial charge in [-0.15, -0.1) is 0 Å². The number of rotatable bonds is 6. The largest absolute Gasteiger partial charge is 0.372 e. The molecule has 34 heavy (non-hydrogen) atoms. The predicted molar refractivity (Wildman–Crippen MR) is 134 cm³/mol. The van der Waals surface area contributed by atoms with E-state index >= 15 is 0 Å². The van der Waals surface area contributed by atoms with Crippen molar-refractivity contribution in [2.24, 2.45) is 5.92 Å². The highest BCUT2D eigenvalue weighted by Gasteiger charge is 2.60. The molecule has 0 saturated carbocycles. The van der Waals surface area contributed by atoms with Crippen molar-refractivity contribution in [3.8, 4) is 0 Å². The summed E-state index contributed by atoms with van der Waals surface area (Å²) in [5, 5.41) is 2.26. The Balaban J connectivity index is 1.54. The number of imide groups is 1. The highest BCUT2D eigenvalue weighted by atomic mass is 35.5. The third kappa shape index (κ3) is 3.73. The number of amides is 2. The number of fused-ring (bicyclic) bond motifs is 1. The first-order valence-corrected chi connectivity index (χ1v) is 11.9. The fraction of sp³-hybridized carbons (Fsp3) is 0.259. The quantitative estimate of drug-likeness (QED) is 0.456. The summed E-state index contributed by atoms with van der Waals surface area (Å²) in [6.45, 7) is 6.06. The number of anilines is 3. The Morgan fingerprint density at radius 2 is 1.47 bits per heavy atom. The third-order valence-corrected chi connectivity index (χ3v) is 6.83. The summed E-state index contributed by atoms with van der Waals surface area (Å²) < 4.78 is 0. The number of hydrogen-bond acceptors (Lipinski definition) is 5. The molecule has 2 amide bonds. The minimum absolute atomic E-state index is 0.270. The number of hydrogen-bond donors (Lipinski definition) is 0. The summed E-state index contributed by atoms with van der Waals surface area (Å²) in [4.78, 5) is 36.7. The molecule has 2 aliphatic heterocycles. The average Bonchev–Trinajstić information content (AvgIpc) is 3.38. The van der Waals surface area contributed by atoms with E-state index in [4.69, 9.17) is 16.4 Å². The van der Waals surface area contributed by atoms with Gasteiger partial charge in [0.05, 0.1) is 17.4 Å². The first-order valence-electron chi connectivity index (χ1n) is 11.5. The van der Waals surface area contributed by atoms with Gasteiger partial charge in [0.1, 0.15) is 5.92 Å². The Kier molecular flexibility index (Phi) is 6.02. The lowest BCUT2D eigenvalue weighted by Crippen LogP contribution is -2.37. The summed E-state index contributed by atoms with van der Waals surface area (Å²) in [7, 11) is 0. The maximum absolute atomic E-state index is 13.7. The third-order valence-electron chi connectivity index (χ3n) is 6.57. The standard InChI is InChI=1S/C27H26ClN3O3/c1-3-29(4-2)20-14-10-18(11-15-20)24-23-25(34-31(24)22-8-6-5-7-9-22)27(33)30(26(23)32)21-16-12-19(28)13-17-21/h5-17,23-25H,3-4H2,1-2H3/t23-,24+,25-/m0/s1. The Labute approximate surface area is 204 Å². The van der Waals surface area contributed by atoms with Crippen molar-refractivity contribution in [1.29, 1.82) is 0 Å². The molecule has 2 saturated heterocycles. The van der Waals surface area contributed by atoms with Gasteiger partial charge in [-0.05, 0) is 67.9 Å². The number of hydroxylamine groups is 1. The molecule has 0 aliphatic carbocycles. The Hall–Kier alpha value is -3.35. The van der Waals surface area contributed by atoms with Crippen molar-refractivity contribution in [3.05, 3.63) is 89.4 Å². The van der Waals surface area contributed by atoms with Gasteiger partial charge in [0.25, 0.3) is 5.91 Å². The van der Waals surface area contributed by atoms with E-state index in [1.165, 1.54) is 4.90 Å². The van der Waals surface area contributed by atoms with Crippen LogP contribution in [0.25, 0.3) is 0 Å². The molecule has 2 heterocycles. The molecular weight excluding hydrogens is 450 g/mol. The fourth-order valence-corrected chi connectivity index (χ4v) is 4.99. The molecule has 2 aliphatic rings. The number of halogens is 1. The van der Waals surface area contributed by atoms with Crippen LogP contribution in [0.2, 0.25) is 5.02 Å². The molecule has 0 spiro atoms. The van der Waals surface area contributed by atoms with Crippen molar-refractivity contribution in [3.63, 3.8) is 0 Å². The Morgan fingerprint density at radius 1 is 0.824 bits per heavy atom. The maximum Gasteiger partial charge on any atom is 0.266 e. The maximum atomic E-state index is 13.7. The van der Waals surface area contributed by atoms with Crippen molar-refractivity contribution in [2.45, 2.75) is 26.0 Å². The van der Waals surface area contributed by atoms with Crippen LogP contribution in [0.15, 0.2) is 78.9 Å². The molecule has 6 nitrogen and oxygen atoms in total. The van der Waals surface area contributed by atoms with E-state index in [9.17, 15) is 9.59 Å². The van der Waals surface area contributed by atoms with Crippen LogP contribution in [-0.4, -0.2) is 31.0 Å². The van der Waals surface area contributed by atoms with Crippen molar-refractivity contribution in [2.75, 3.05) is 28.0 Å². The van der Waals surface area contributed by atoms with E-state index in [-0.39, 0.29) is 11.8 Å². The summed E-state index contributed by atoms with van der Waals surface area (Å²) >= 11 is 6.01. The molecule has 3 atom stereocenters. The van der Waals surface area contributed by atoms with E-state index in [1.54, 1.807) is 29.3 Å². The van der Waals surface area contributed by atoms with Gasteiger partial charge in [-0.1, -0.05) is 41.9 Å². The van der Waals surface area contributed by atoms with E-state index in [1.807, 2.05) is 42.5 Å². The number of nitrogens with zero attached hydrogens (tertiary/aromatic N) is 3. The molecular formula is C27H26ClN3O3. The number of carbonyl (C=O) groups excluding carboxylic acids is 2. The summed E-state index contributed by atoms with van der Waals surface area (Å²) in [6, 6.07) is 24.1. The molecule has 2 fully saturated rings. The van der Waals surface area contributed by atoms with Gasteiger partial charge in [0, 0.05) is 23.8 Å². The zero-order valence-electron chi connectivity index (χ0n) is 19.1. The van der Waals surface area contributed by atoms with Crippen molar-refractivity contribution < 1.29 is 14.4 Å². The molecule has 0 unspecified atom stereocenters. The summed E-state index contributed by atoms with van der Waals surface area (Å²) in [6.07, 6.45) is -0.893. The normalized spacial score (nSPS) is 21.8. The monoisotopic (exact) mass is 475 g/mol. The van der Waals surface area contributed by atoms with Crippen LogP contribution in [0, 0.1) is 5.92 Å². The average molecular weight is 476 g/mol. The first kappa shape index (κ1) is 22.4. The molecule has 0 radical (unpaired) electrons. The van der Waals surface area contributed by atoms with Crippen LogP contribution in [0.4, 0.5) is 17.1 Å². The molecule has 0 bridgehead atoms. The zero-order valence-corrected chi connectivity index (χ0v) is 19.9. The first-order chi connectivity index (χ1) is 16.5. The summed E-state index contributed by atoms with van der Waals surface area (Å²) in [5.74, 6) is -1.29. The number of para-hydroxylation sites is 1. The minimum atomic E-state index is -0.893. The Bertz CT molecular complexity index is 1180. The second-order valence-electron chi connectivity index (χ2n) is 8.41. The van der Waals surface area contributed by atoms with E-state index in [0.717, 1.165) is 30.0 Å². The van der Waals surface area contributed by atoms with Crippen molar-refractivity contribution in [1.82, 2.24) is 0 Å². The molecule has 0 aromatic heterocycles. The predicted octanol–water partition coefficient (Wildman–Crippen LogP) is 5.24. The molecule has 3 aromatic rings. The number of carbonyl (C=O) groups is 2. The molecule has 174 valence electrons. The lowest BCUT2D eigenvalue weighted by atomic mass is 9.90. The van der Waals surface area contributed by atoms with E-state index < -0.39 is 18.1 Å². The SMILES string of the molecule is CCN(CC)c1ccc([C@@H]2[C@@H]3C(=O)N(c4ccc(Cl)cc4)C(=O)[C@H]3ON2c2ccccc2)cc1. The van der Waals surface area contributed by atoms with Gasteiger partial charge in [0.2, 0.25) is 5.91 Å². The van der Waals surface area contributed by atoms with Crippen LogP contribution in [-0.2, 0) is 14.4 Å². The topological polar surface area (TPSA) is 53.1 Å².